The molecule has 170 valence electrons. The van der Waals surface area contributed by atoms with Gasteiger partial charge in [-0.2, -0.15) is 4.98 Å². The molecule has 6 nitrogen and oxygen atoms in total. The molecule has 0 bridgehead atoms. The lowest BCUT2D eigenvalue weighted by atomic mass is 9.94. The van der Waals surface area contributed by atoms with Crippen LogP contribution in [0.4, 0.5) is 4.79 Å². The summed E-state index contributed by atoms with van der Waals surface area (Å²) in [5, 5.41) is 7.90. The Hall–Kier alpha value is -3.90. The molecule has 1 aliphatic rings. The molecule has 1 N–H and O–H groups in total. The summed E-state index contributed by atoms with van der Waals surface area (Å²) in [5.41, 5.74) is 5.37. The molecular formula is C27H23ClN4O2. The third-order valence-corrected chi connectivity index (χ3v) is 6.16. The number of carbonyl (C=O) groups excluding carboxylic acids is 1. The van der Waals surface area contributed by atoms with Crippen LogP contribution in [0.25, 0.3) is 17.0 Å². The highest BCUT2D eigenvalue weighted by molar-refractivity contribution is 6.30. The Labute approximate surface area is 202 Å². The van der Waals surface area contributed by atoms with Gasteiger partial charge in [0.05, 0.1) is 18.2 Å². The average molecular weight is 471 g/mol. The zero-order chi connectivity index (χ0) is 23.7. The first-order chi connectivity index (χ1) is 16.5. The molecule has 0 aliphatic carbocycles. The number of aryl methyl sites for hydroxylation is 1. The molecule has 4 aromatic rings. The standard InChI is InChI=1S/C27H23ClN4O2/c1-17-11-13-19(14-12-17)16-32-18(2)23(24(29-27(32)33)21-9-6-10-22(28)15-21)26-30-25(31-34-26)20-7-4-3-5-8-20/h3-15,24H,16H2,1-2H3,(H,29,33). The van der Waals surface area contributed by atoms with E-state index in [-0.39, 0.29) is 6.03 Å². The lowest BCUT2D eigenvalue weighted by Crippen LogP contribution is -2.45. The van der Waals surface area contributed by atoms with Gasteiger partial charge in [-0.05, 0) is 37.1 Å². The number of urea groups is 1. The number of benzene rings is 3. The molecule has 5 rings (SSSR count). The quantitative estimate of drug-likeness (QED) is 0.366. The molecular weight excluding hydrogens is 448 g/mol. The highest BCUT2D eigenvalue weighted by Crippen LogP contribution is 2.38. The number of nitrogens with one attached hydrogen (secondary N) is 1. The number of halogens is 1. The summed E-state index contributed by atoms with van der Waals surface area (Å²) in [6.45, 7) is 4.37. The molecule has 3 aromatic carbocycles. The summed E-state index contributed by atoms with van der Waals surface area (Å²) in [7, 11) is 0. The first-order valence-corrected chi connectivity index (χ1v) is 11.4. The number of allylic oxidation sites excluding steroid dienone is 1. The predicted octanol–water partition coefficient (Wildman–Crippen LogP) is 6.40. The van der Waals surface area contributed by atoms with Crippen molar-refractivity contribution in [3.63, 3.8) is 0 Å². The van der Waals surface area contributed by atoms with Gasteiger partial charge in [-0.25, -0.2) is 4.79 Å². The fraction of sp³-hybridized carbons (Fsp3) is 0.148. The van der Waals surface area contributed by atoms with Crippen LogP contribution in [0.2, 0.25) is 5.02 Å². The first kappa shape index (κ1) is 21.9. The second-order valence-corrected chi connectivity index (χ2v) is 8.73. The van der Waals surface area contributed by atoms with E-state index < -0.39 is 6.04 Å². The molecule has 0 saturated carbocycles. The van der Waals surface area contributed by atoms with Crippen LogP contribution in [0.3, 0.4) is 0 Å². The molecule has 0 radical (unpaired) electrons. The first-order valence-electron chi connectivity index (χ1n) is 11.0. The molecule has 1 atom stereocenters. The number of hydrogen-bond acceptors (Lipinski definition) is 4. The third kappa shape index (κ3) is 4.32. The Bertz CT molecular complexity index is 1360. The van der Waals surface area contributed by atoms with Gasteiger partial charge in [0.15, 0.2) is 0 Å². The van der Waals surface area contributed by atoms with E-state index in [2.05, 4.69) is 15.5 Å². The molecule has 0 saturated heterocycles. The van der Waals surface area contributed by atoms with Crippen molar-refractivity contribution in [3.8, 4) is 11.4 Å². The van der Waals surface area contributed by atoms with Crippen LogP contribution < -0.4 is 5.32 Å². The number of amides is 2. The minimum atomic E-state index is -0.482. The smallest absolute Gasteiger partial charge is 0.322 e. The molecule has 0 fully saturated rings. The van der Waals surface area contributed by atoms with E-state index in [0.29, 0.717) is 23.3 Å². The summed E-state index contributed by atoms with van der Waals surface area (Å²) < 4.78 is 5.73. The normalized spacial score (nSPS) is 16.0. The molecule has 7 heteroatoms. The Balaban J connectivity index is 1.60. The highest BCUT2D eigenvalue weighted by Gasteiger charge is 2.35. The second-order valence-electron chi connectivity index (χ2n) is 8.30. The van der Waals surface area contributed by atoms with Gasteiger partial charge in [-0.3, -0.25) is 4.90 Å². The fourth-order valence-electron chi connectivity index (χ4n) is 4.10. The van der Waals surface area contributed by atoms with Crippen molar-refractivity contribution in [2.24, 2.45) is 0 Å². The van der Waals surface area contributed by atoms with Gasteiger partial charge in [0.25, 0.3) is 5.89 Å². The third-order valence-electron chi connectivity index (χ3n) is 5.93. The maximum Gasteiger partial charge on any atom is 0.322 e. The fourth-order valence-corrected chi connectivity index (χ4v) is 4.30. The van der Waals surface area contributed by atoms with Gasteiger partial charge < -0.3 is 9.84 Å². The second kappa shape index (κ2) is 9.15. The van der Waals surface area contributed by atoms with Crippen LogP contribution in [0, 0.1) is 6.92 Å². The van der Waals surface area contributed by atoms with Crippen molar-refractivity contribution < 1.29 is 9.32 Å². The molecule has 1 aliphatic heterocycles. The van der Waals surface area contributed by atoms with E-state index in [9.17, 15) is 4.79 Å². The van der Waals surface area contributed by atoms with Gasteiger partial charge in [-0.15, -0.1) is 0 Å². The maximum atomic E-state index is 13.2. The number of rotatable bonds is 5. The molecule has 1 aromatic heterocycles. The van der Waals surface area contributed by atoms with Crippen LogP contribution in [0.15, 0.2) is 89.1 Å². The molecule has 1 unspecified atom stereocenters. The van der Waals surface area contributed by atoms with Crippen LogP contribution >= 0.6 is 11.6 Å². The van der Waals surface area contributed by atoms with E-state index in [0.717, 1.165) is 28.0 Å². The molecule has 0 spiro atoms. The highest BCUT2D eigenvalue weighted by atomic mass is 35.5. The van der Waals surface area contributed by atoms with Gasteiger partial charge >= 0.3 is 6.03 Å². The van der Waals surface area contributed by atoms with Crippen molar-refractivity contribution in [1.29, 1.82) is 0 Å². The minimum Gasteiger partial charge on any atom is -0.334 e. The largest absolute Gasteiger partial charge is 0.334 e. The lowest BCUT2D eigenvalue weighted by Gasteiger charge is -2.35. The summed E-state index contributed by atoms with van der Waals surface area (Å²) in [6, 6.07) is 24.5. The summed E-state index contributed by atoms with van der Waals surface area (Å²) >= 11 is 6.27. The van der Waals surface area contributed by atoms with E-state index in [1.54, 1.807) is 11.0 Å². The Kier molecular flexibility index (Phi) is 5.90. The molecule has 2 heterocycles. The predicted molar refractivity (Wildman–Crippen MR) is 132 cm³/mol. The Morgan fingerprint density at radius 2 is 1.76 bits per heavy atom. The topological polar surface area (TPSA) is 71.3 Å². The number of carbonyl (C=O) groups is 1. The molecule has 2 amide bonds. The van der Waals surface area contributed by atoms with Crippen LogP contribution in [0.5, 0.6) is 0 Å². The van der Waals surface area contributed by atoms with Crippen molar-refractivity contribution in [2.75, 3.05) is 0 Å². The van der Waals surface area contributed by atoms with Gasteiger partial charge in [-0.1, -0.05) is 89.1 Å². The van der Waals surface area contributed by atoms with Crippen LogP contribution in [-0.4, -0.2) is 21.1 Å². The maximum absolute atomic E-state index is 13.2. The van der Waals surface area contributed by atoms with Crippen molar-refractivity contribution >= 4 is 23.2 Å². The monoisotopic (exact) mass is 470 g/mol. The number of hydrogen-bond donors (Lipinski definition) is 1. The van der Waals surface area contributed by atoms with E-state index in [1.807, 2.05) is 86.6 Å². The lowest BCUT2D eigenvalue weighted by molar-refractivity contribution is 0.203. The number of aromatic nitrogens is 2. The van der Waals surface area contributed by atoms with Crippen LogP contribution in [-0.2, 0) is 6.54 Å². The zero-order valence-corrected chi connectivity index (χ0v) is 19.6. The summed E-state index contributed by atoms with van der Waals surface area (Å²) in [5.74, 6) is 0.845. The Morgan fingerprint density at radius 3 is 2.50 bits per heavy atom. The van der Waals surface area contributed by atoms with Gasteiger partial charge in [0, 0.05) is 16.3 Å². The van der Waals surface area contributed by atoms with Crippen molar-refractivity contribution in [3.05, 3.63) is 112 Å². The van der Waals surface area contributed by atoms with E-state index in [1.165, 1.54) is 5.56 Å². The van der Waals surface area contributed by atoms with Crippen molar-refractivity contribution in [1.82, 2.24) is 20.4 Å². The number of nitrogens with zero attached hydrogens (tertiary/aromatic N) is 3. The van der Waals surface area contributed by atoms with Crippen LogP contribution in [0.1, 0.15) is 35.5 Å². The minimum absolute atomic E-state index is 0.199. The van der Waals surface area contributed by atoms with Gasteiger partial charge in [0.1, 0.15) is 0 Å². The zero-order valence-electron chi connectivity index (χ0n) is 18.8. The summed E-state index contributed by atoms with van der Waals surface area (Å²) in [4.78, 5) is 19.6. The van der Waals surface area contributed by atoms with Gasteiger partial charge in [0.2, 0.25) is 5.82 Å². The van der Waals surface area contributed by atoms with Crippen molar-refractivity contribution in [2.45, 2.75) is 26.4 Å². The SMILES string of the molecule is CC1=C(c2nc(-c3ccccc3)no2)C(c2cccc(Cl)c2)NC(=O)N1Cc1ccc(C)cc1. The Morgan fingerprint density at radius 1 is 1.00 bits per heavy atom. The summed E-state index contributed by atoms with van der Waals surface area (Å²) in [6.07, 6.45) is 0. The van der Waals surface area contributed by atoms with E-state index in [4.69, 9.17) is 16.1 Å². The molecule has 34 heavy (non-hydrogen) atoms. The van der Waals surface area contributed by atoms with E-state index >= 15 is 0 Å². The average Bonchev–Trinajstić information content (AvgIpc) is 3.33.